The molecule has 0 spiro atoms. The first kappa shape index (κ1) is 59.1. The summed E-state index contributed by atoms with van der Waals surface area (Å²) in [5.41, 5.74) is 14.0. The standard InChI is InChI=1S/C28H39F2N.C11H14.C10H19N.C9H14.C2H2/c1-5-7-12-22(3)31-20-11-9-8-10-13-24-16-19-26(27(21-24)28(4,29)30)25-17-14-23(6-2)15-18-25;1-8(2)11-7-5-6-9(3)10(11)4;1-5-9-7-8(3)11-10(9,4)6-2;1-5-7-9(4)8(3)6-2;1-2/h14-19,21,31H,3,5-13,20H2,1-2,4H3;5-7H,1H2,2-4H3;9,11H,3,5-7H2,1-2,4H3;5-7H,4H2,1-3H3;1-2H/b;;;7-5-,8-6-;. The highest BCUT2D eigenvalue weighted by atomic mass is 19.3. The van der Waals surface area contributed by atoms with Gasteiger partial charge in [-0.2, -0.15) is 0 Å². The van der Waals surface area contributed by atoms with Gasteiger partial charge in [0.15, 0.2) is 0 Å². The molecule has 64 heavy (non-hydrogen) atoms. The summed E-state index contributed by atoms with van der Waals surface area (Å²) in [6.45, 7) is 41.3. The molecule has 4 rings (SSSR count). The van der Waals surface area contributed by atoms with Gasteiger partial charge in [0, 0.05) is 36.0 Å². The number of aryl methyl sites for hydroxylation is 3. The van der Waals surface area contributed by atoms with Crippen molar-refractivity contribution in [3.05, 3.63) is 161 Å². The van der Waals surface area contributed by atoms with Crippen molar-refractivity contribution in [2.75, 3.05) is 6.54 Å². The van der Waals surface area contributed by atoms with Gasteiger partial charge in [0.05, 0.1) is 0 Å². The first-order chi connectivity index (χ1) is 30.3. The number of hydrogen-bond acceptors (Lipinski definition) is 2. The number of halogens is 2. The molecule has 2 atom stereocenters. The van der Waals surface area contributed by atoms with Crippen molar-refractivity contribution in [1.29, 1.82) is 0 Å². The Bertz CT molecular complexity index is 1930. The van der Waals surface area contributed by atoms with E-state index < -0.39 is 5.92 Å². The number of alkyl halides is 2. The molecule has 0 aromatic heterocycles. The van der Waals surface area contributed by atoms with Crippen LogP contribution in [0.2, 0.25) is 0 Å². The third-order valence-electron chi connectivity index (χ3n) is 12.3. The Morgan fingerprint density at radius 3 is 2.02 bits per heavy atom. The number of rotatable bonds is 19. The Morgan fingerprint density at radius 1 is 0.891 bits per heavy atom. The minimum atomic E-state index is -2.86. The monoisotopic (exact) mass is 875 g/mol. The average Bonchev–Trinajstić information content (AvgIpc) is 3.59. The number of terminal acetylenes is 1. The molecule has 352 valence electrons. The summed E-state index contributed by atoms with van der Waals surface area (Å²) >= 11 is 0. The van der Waals surface area contributed by atoms with Crippen molar-refractivity contribution in [3.63, 3.8) is 0 Å². The number of unbranched alkanes of at least 4 members (excludes halogenated alkanes) is 4. The molecule has 3 aromatic rings. The van der Waals surface area contributed by atoms with Gasteiger partial charge in [-0.1, -0.05) is 158 Å². The summed E-state index contributed by atoms with van der Waals surface area (Å²) in [4.78, 5) is 0. The van der Waals surface area contributed by atoms with E-state index in [0.29, 0.717) is 11.1 Å². The second-order valence-electron chi connectivity index (χ2n) is 17.5. The minimum Gasteiger partial charge on any atom is -0.389 e. The van der Waals surface area contributed by atoms with Gasteiger partial charge in [-0.05, 0) is 162 Å². The predicted molar refractivity (Wildman–Crippen MR) is 283 cm³/mol. The molecule has 0 aliphatic carbocycles. The van der Waals surface area contributed by atoms with Crippen molar-refractivity contribution in [2.24, 2.45) is 5.92 Å². The molecule has 1 aliphatic rings. The average molecular weight is 875 g/mol. The number of benzene rings is 3. The molecule has 1 aliphatic heterocycles. The lowest BCUT2D eigenvalue weighted by atomic mass is 9.83. The van der Waals surface area contributed by atoms with Gasteiger partial charge in [-0.15, -0.1) is 12.8 Å². The van der Waals surface area contributed by atoms with Crippen LogP contribution in [0.4, 0.5) is 8.78 Å². The van der Waals surface area contributed by atoms with Gasteiger partial charge >= 0.3 is 0 Å². The molecule has 4 heteroatoms. The summed E-state index contributed by atoms with van der Waals surface area (Å²) in [5.74, 6) is -2.07. The van der Waals surface area contributed by atoms with E-state index >= 15 is 0 Å². The highest BCUT2D eigenvalue weighted by molar-refractivity contribution is 5.69. The summed E-state index contributed by atoms with van der Waals surface area (Å²) in [6.07, 6.45) is 27.3. The number of nitrogens with one attached hydrogen (secondary N) is 2. The van der Waals surface area contributed by atoms with Gasteiger partial charge in [-0.3, -0.25) is 0 Å². The number of hydrogen-bond donors (Lipinski definition) is 2. The highest BCUT2D eigenvalue weighted by Crippen LogP contribution is 2.37. The zero-order chi connectivity index (χ0) is 48.9. The van der Waals surface area contributed by atoms with Crippen LogP contribution in [-0.4, -0.2) is 12.1 Å². The Balaban J connectivity index is 0.000000974. The van der Waals surface area contributed by atoms with Crippen LogP contribution < -0.4 is 10.6 Å². The summed E-state index contributed by atoms with van der Waals surface area (Å²) in [6, 6.07) is 19.9. The maximum atomic E-state index is 14.4. The van der Waals surface area contributed by atoms with Crippen molar-refractivity contribution in [3.8, 4) is 24.0 Å². The van der Waals surface area contributed by atoms with Crippen molar-refractivity contribution < 1.29 is 8.78 Å². The third-order valence-corrected chi connectivity index (χ3v) is 12.3. The Kier molecular flexibility index (Phi) is 29.5. The normalized spacial score (nSPS) is 15.5. The van der Waals surface area contributed by atoms with Crippen LogP contribution in [0.15, 0.2) is 128 Å². The molecule has 1 fully saturated rings. The van der Waals surface area contributed by atoms with Crippen LogP contribution >= 0.6 is 0 Å². The molecule has 1 heterocycles. The Morgan fingerprint density at radius 2 is 1.52 bits per heavy atom. The second-order valence-corrected chi connectivity index (χ2v) is 17.5. The lowest BCUT2D eigenvalue weighted by Crippen LogP contribution is -2.40. The molecule has 1 saturated heterocycles. The molecule has 2 unspecified atom stereocenters. The second kappa shape index (κ2) is 31.9. The maximum Gasteiger partial charge on any atom is 0.271 e. The van der Waals surface area contributed by atoms with Gasteiger partial charge in [0.25, 0.3) is 5.92 Å². The molecule has 0 bridgehead atoms. The molecular formula is C60H88F2N2. The van der Waals surface area contributed by atoms with Crippen LogP contribution in [0.25, 0.3) is 16.7 Å². The van der Waals surface area contributed by atoms with Crippen LogP contribution in [-0.2, 0) is 18.8 Å². The lowest BCUT2D eigenvalue weighted by molar-refractivity contribution is 0.0180. The van der Waals surface area contributed by atoms with Crippen LogP contribution in [0.5, 0.6) is 0 Å². The highest BCUT2D eigenvalue weighted by Gasteiger charge is 2.37. The van der Waals surface area contributed by atoms with Crippen molar-refractivity contribution >= 4 is 5.57 Å². The van der Waals surface area contributed by atoms with E-state index in [2.05, 4.69) is 129 Å². The zero-order valence-corrected chi connectivity index (χ0v) is 42.5. The Labute approximate surface area is 392 Å². The molecule has 2 N–H and O–H groups in total. The number of allylic oxidation sites excluding steroid dienone is 8. The van der Waals surface area contributed by atoms with E-state index in [1.807, 2.05) is 69.3 Å². The SMILES string of the molecule is C#C.C=C(/C=C\C)/C(C)=C\C.C=C(C)c1cccc(C)c1C.C=C(CCCC)NCCCCCCc1ccc(-c2ccc(CC)cc2)c(C(C)(F)F)c1.C=C1CC(CC)C(C)(CC)N1. The first-order valence-electron chi connectivity index (χ1n) is 23.8. The largest absolute Gasteiger partial charge is 0.389 e. The molecule has 0 amide bonds. The minimum absolute atomic E-state index is 0.129. The molecule has 0 saturated carbocycles. The summed E-state index contributed by atoms with van der Waals surface area (Å²) in [5, 5.41) is 6.89. The zero-order valence-electron chi connectivity index (χ0n) is 42.5. The van der Waals surface area contributed by atoms with E-state index in [9.17, 15) is 8.78 Å². The fraction of sp³-hybridized carbons (Fsp3) is 0.467. The molecular weight excluding hydrogens is 787 g/mol. The molecule has 3 aromatic carbocycles. The molecule has 0 radical (unpaired) electrons. The smallest absolute Gasteiger partial charge is 0.271 e. The maximum absolute atomic E-state index is 14.4. The van der Waals surface area contributed by atoms with Crippen LogP contribution in [0, 0.1) is 32.6 Å². The van der Waals surface area contributed by atoms with E-state index in [4.69, 9.17) is 0 Å². The third kappa shape index (κ3) is 21.7. The topological polar surface area (TPSA) is 24.1 Å². The quantitative estimate of drug-likeness (QED) is 0.0712. The van der Waals surface area contributed by atoms with Gasteiger partial charge in [0.2, 0.25) is 0 Å². The fourth-order valence-electron chi connectivity index (χ4n) is 7.62. The van der Waals surface area contributed by atoms with Crippen molar-refractivity contribution in [2.45, 2.75) is 172 Å². The van der Waals surface area contributed by atoms with E-state index in [-0.39, 0.29) is 5.56 Å². The van der Waals surface area contributed by atoms with Crippen LogP contribution in [0.1, 0.15) is 167 Å². The summed E-state index contributed by atoms with van der Waals surface area (Å²) < 4.78 is 28.8. The van der Waals surface area contributed by atoms with Gasteiger partial charge < -0.3 is 10.6 Å². The predicted octanol–water partition coefficient (Wildman–Crippen LogP) is 17.8. The Hall–Kier alpha value is -4.88. The fourth-order valence-corrected chi connectivity index (χ4v) is 7.62. The van der Waals surface area contributed by atoms with E-state index in [1.54, 1.807) is 6.07 Å². The summed E-state index contributed by atoms with van der Waals surface area (Å²) in [7, 11) is 0. The van der Waals surface area contributed by atoms with Gasteiger partial charge in [0.1, 0.15) is 0 Å². The molecule has 2 nitrogen and oxygen atoms in total. The van der Waals surface area contributed by atoms with Crippen molar-refractivity contribution in [1.82, 2.24) is 10.6 Å². The first-order valence-corrected chi connectivity index (χ1v) is 23.8. The lowest BCUT2D eigenvalue weighted by Gasteiger charge is -2.29. The van der Waals surface area contributed by atoms with Gasteiger partial charge in [-0.25, -0.2) is 8.78 Å². The van der Waals surface area contributed by atoms with E-state index in [1.165, 1.54) is 65.6 Å². The van der Waals surface area contributed by atoms with E-state index in [0.717, 1.165) is 92.3 Å². The van der Waals surface area contributed by atoms with Crippen LogP contribution in [0.3, 0.4) is 0 Å².